The third-order valence-corrected chi connectivity index (χ3v) is 17.3. The maximum Gasteiger partial charge on any atom is 0.243 e. The van der Waals surface area contributed by atoms with E-state index in [-0.39, 0.29) is 60.9 Å². The number of nitrogens with one attached hydrogen (secondary N) is 3. The molecule has 3 aromatic rings. The second kappa shape index (κ2) is 20.2. The maximum atomic E-state index is 14.2. The summed E-state index contributed by atoms with van der Waals surface area (Å²) in [7, 11) is 1.51. The topological polar surface area (TPSA) is 192 Å². The van der Waals surface area contributed by atoms with Gasteiger partial charge in [0.15, 0.2) is 5.82 Å². The van der Waals surface area contributed by atoms with Gasteiger partial charge in [0.2, 0.25) is 17.7 Å². The Kier molecular flexibility index (Phi) is 13.9. The molecule has 5 N–H and O–H groups in total. The number of amides is 3. The fourth-order valence-corrected chi connectivity index (χ4v) is 13.2. The van der Waals surface area contributed by atoms with Crippen molar-refractivity contribution in [3.8, 4) is 35.1 Å². The molecule has 0 bridgehead atoms. The van der Waals surface area contributed by atoms with Crippen molar-refractivity contribution >= 4 is 29.2 Å². The molecule has 4 saturated heterocycles. The molecule has 4 atom stereocenters. The van der Waals surface area contributed by atoms with Crippen LogP contribution in [0, 0.1) is 35.0 Å². The van der Waals surface area contributed by atoms with E-state index in [1.54, 1.807) is 12.1 Å². The van der Waals surface area contributed by atoms with Crippen LogP contribution in [0.4, 0.5) is 11.5 Å². The van der Waals surface area contributed by atoms with Crippen molar-refractivity contribution in [2.45, 2.75) is 121 Å². The highest BCUT2D eigenvalue weighted by Gasteiger charge is 2.56. The third kappa shape index (κ3) is 10.1. The number of piperazine rings is 1. The number of aromatic nitrogens is 3. The van der Waals surface area contributed by atoms with Crippen LogP contribution in [-0.4, -0.2) is 172 Å². The molecule has 2 aromatic heterocycles. The van der Waals surface area contributed by atoms with Crippen LogP contribution in [0.3, 0.4) is 0 Å². The van der Waals surface area contributed by atoms with Gasteiger partial charge in [-0.15, -0.1) is 16.6 Å². The number of aliphatic hydroxyl groups is 1. The lowest BCUT2D eigenvalue weighted by molar-refractivity contribution is -0.147. The number of phenols is 1. The predicted molar refractivity (Wildman–Crippen MR) is 270 cm³/mol. The highest BCUT2D eigenvalue weighted by Crippen LogP contribution is 2.60. The standard InChI is InChI=1S/C54H73N11O6/c1-6-34-21-48(71-5)44(55-28-34)31-58-51(69)46-22-40(66)33-65(46)52(70)42(53(2,3)4)30-57-50(68)35-24-54(25-35)26-38(27-54)62-17-11-36(12-18-62)61-15-13-37(14-16-61)63-19-20-64-39(32-63)29-56-49-45(64)23-43(59-60-49)41-9-7-8-10-47(41)67/h1,7-10,21,23,28,35-40,42,46,66-67H,11-20,22,24-27,29-33H2,2-5H3,(H,56,60)(H,57,68)(H,58,69)/t35?,38?,39-,40+,42+,46-,54?/m0/s1. The number of fused-ring (bicyclic) bond motifs is 3. The highest BCUT2D eigenvalue weighted by atomic mass is 16.5. The van der Waals surface area contributed by atoms with E-state index in [4.69, 9.17) is 11.2 Å². The summed E-state index contributed by atoms with van der Waals surface area (Å²) in [5, 5.41) is 39.6. The first kappa shape index (κ1) is 49.1. The molecule has 0 radical (unpaired) electrons. The quantitative estimate of drug-likeness (QED) is 0.165. The molecule has 10 rings (SSSR count). The van der Waals surface area contributed by atoms with Crippen molar-refractivity contribution in [2.24, 2.45) is 22.7 Å². The Bertz CT molecular complexity index is 2480. The lowest BCUT2D eigenvalue weighted by Gasteiger charge is -2.60. The zero-order valence-electron chi connectivity index (χ0n) is 42.0. The number of terminal acetylenes is 1. The summed E-state index contributed by atoms with van der Waals surface area (Å²) in [5.74, 6) is 2.76. The molecule has 1 aromatic carbocycles. The third-order valence-electron chi connectivity index (χ3n) is 17.3. The number of β-amino-alcohol motifs (C(OH)–C–C–N with tert-alkyl or cyclic N) is 1. The van der Waals surface area contributed by atoms with Gasteiger partial charge in [0.1, 0.15) is 23.2 Å². The average Bonchev–Trinajstić information content (AvgIpc) is 3.76. The lowest BCUT2D eigenvalue weighted by Crippen LogP contribution is -2.62. The SMILES string of the molecule is C#Cc1cnc(CNC(=O)[C@@H]2C[C@@H](O)CN2C(=O)[C@@H](CNC(=O)C2CC3(C2)CC(N2CCC(N4CCC(N5CCN6c7cc(-c8ccccc8O)nnc7NC[C@H]6C5)CC4)CC2)C3)C(C)(C)C)c(OC)c1. The first-order valence-electron chi connectivity index (χ1n) is 26.1. The Morgan fingerprint density at radius 3 is 2.28 bits per heavy atom. The molecule has 2 aliphatic carbocycles. The van der Waals surface area contributed by atoms with Crippen LogP contribution >= 0.6 is 0 Å². The van der Waals surface area contributed by atoms with Gasteiger partial charge in [0, 0.05) is 87.1 Å². The van der Waals surface area contributed by atoms with Gasteiger partial charge in [-0.25, -0.2) is 0 Å². The van der Waals surface area contributed by atoms with Gasteiger partial charge in [-0.05, 0) is 113 Å². The predicted octanol–water partition coefficient (Wildman–Crippen LogP) is 3.69. The van der Waals surface area contributed by atoms with Crippen molar-refractivity contribution in [3.05, 3.63) is 53.9 Å². The molecular weight excluding hydrogens is 899 g/mol. The summed E-state index contributed by atoms with van der Waals surface area (Å²) in [6.45, 7) is 14.7. The van der Waals surface area contributed by atoms with Gasteiger partial charge in [0.25, 0.3) is 0 Å². The molecule has 71 heavy (non-hydrogen) atoms. The van der Waals surface area contributed by atoms with Crippen molar-refractivity contribution in [1.82, 2.24) is 45.4 Å². The Hall–Kier alpha value is -5.54. The minimum Gasteiger partial charge on any atom is -0.507 e. The van der Waals surface area contributed by atoms with Crippen LogP contribution < -0.4 is 25.6 Å². The lowest BCUT2D eigenvalue weighted by atomic mass is 9.49. The summed E-state index contributed by atoms with van der Waals surface area (Å²) in [6, 6.07) is 12.5. The van der Waals surface area contributed by atoms with Crippen molar-refractivity contribution in [2.75, 3.05) is 82.8 Å². The summed E-state index contributed by atoms with van der Waals surface area (Å²) in [4.78, 5) is 57.9. The van der Waals surface area contributed by atoms with Gasteiger partial charge < -0.3 is 50.5 Å². The second-order valence-electron chi connectivity index (χ2n) is 22.7. The molecule has 7 aliphatic rings. The largest absolute Gasteiger partial charge is 0.507 e. The number of phenolic OH excluding ortho intramolecular Hbond substituents is 1. The highest BCUT2D eigenvalue weighted by molar-refractivity contribution is 5.90. The second-order valence-corrected chi connectivity index (χ2v) is 22.7. The molecule has 0 unspecified atom stereocenters. The van der Waals surface area contributed by atoms with E-state index in [1.807, 2.05) is 39.0 Å². The van der Waals surface area contributed by atoms with E-state index in [0.717, 1.165) is 76.5 Å². The van der Waals surface area contributed by atoms with Gasteiger partial charge >= 0.3 is 0 Å². The number of carbonyl (C=O) groups excluding carboxylic acids is 3. The average molecular weight is 972 g/mol. The number of aromatic hydroxyl groups is 1. The maximum absolute atomic E-state index is 14.2. The van der Waals surface area contributed by atoms with Crippen LogP contribution in [0.5, 0.6) is 11.5 Å². The molecule has 380 valence electrons. The van der Waals surface area contributed by atoms with E-state index in [0.29, 0.717) is 52.4 Å². The van der Waals surface area contributed by atoms with Gasteiger partial charge in [-0.3, -0.25) is 24.3 Å². The first-order chi connectivity index (χ1) is 34.2. The van der Waals surface area contributed by atoms with Crippen LogP contribution in [0.15, 0.2) is 42.6 Å². The number of para-hydroxylation sites is 1. The van der Waals surface area contributed by atoms with Crippen molar-refractivity contribution < 1.29 is 29.3 Å². The van der Waals surface area contributed by atoms with E-state index >= 15 is 0 Å². The number of hydrogen-bond acceptors (Lipinski definition) is 14. The molecule has 17 heteroatoms. The number of nitrogens with zero attached hydrogens (tertiary/aromatic N) is 8. The fraction of sp³-hybridized carbons (Fsp3) is 0.630. The van der Waals surface area contributed by atoms with Crippen LogP contribution in [-0.2, 0) is 20.9 Å². The number of rotatable bonds is 12. The van der Waals surface area contributed by atoms with E-state index in [2.05, 4.69) is 62.7 Å². The van der Waals surface area contributed by atoms with Crippen LogP contribution in [0.25, 0.3) is 11.3 Å². The first-order valence-corrected chi connectivity index (χ1v) is 26.1. The number of carbonyl (C=O) groups is 3. The van der Waals surface area contributed by atoms with Crippen molar-refractivity contribution in [1.29, 1.82) is 0 Å². The number of likely N-dealkylation sites (tertiary alicyclic amines) is 3. The molecular formula is C54H73N11O6. The molecule has 7 heterocycles. The molecule has 5 aliphatic heterocycles. The Morgan fingerprint density at radius 2 is 1.59 bits per heavy atom. The minimum atomic E-state index is -0.852. The number of benzene rings is 1. The summed E-state index contributed by atoms with van der Waals surface area (Å²) in [6.07, 6.45) is 15.3. The monoisotopic (exact) mass is 972 g/mol. The number of hydrogen-bond donors (Lipinski definition) is 5. The van der Waals surface area contributed by atoms with Crippen LogP contribution in [0.1, 0.15) is 89.8 Å². The summed E-state index contributed by atoms with van der Waals surface area (Å²) < 4.78 is 5.42. The zero-order chi connectivity index (χ0) is 49.6. The number of ether oxygens (including phenoxy) is 1. The molecule has 3 amide bonds. The summed E-state index contributed by atoms with van der Waals surface area (Å²) >= 11 is 0. The molecule has 1 spiro atoms. The zero-order valence-corrected chi connectivity index (χ0v) is 42.0. The van der Waals surface area contributed by atoms with Crippen LogP contribution in [0.2, 0.25) is 0 Å². The Morgan fingerprint density at radius 1 is 0.887 bits per heavy atom. The minimum absolute atomic E-state index is 0.00768. The normalized spacial score (nSPS) is 27.9. The fourth-order valence-electron chi connectivity index (χ4n) is 13.2. The van der Waals surface area contributed by atoms with E-state index in [1.165, 1.54) is 57.0 Å². The number of piperidine rings is 2. The van der Waals surface area contributed by atoms with Crippen molar-refractivity contribution in [3.63, 3.8) is 0 Å². The van der Waals surface area contributed by atoms with Gasteiger partial charge in [-0.2, -0.15) is 0 Å². The molecule has 17 nitrogen and oxygen atoms in total. The Balaban J connectivity index is 0.636. The molecule has 6 fully saturated rings. The van der Waals surface area contributed by atoms with E-state index < -0.39 is 23.5 Å². The number of methoxy groups -OCH3 is 1. The number of pyridine rings is 1. The van der Waals surface area contributed by atoms with Gasteiger partial charge in [-0.1, -0.05) is 38.8 Å². The summed E-state index contributed by atoms with van der Waals surface area (Å²) in [5.41, 5.74) is 3.28. The smallest absolute Gasteiger partial charge is 0.243 e. The van der Waals surface area contributed by atoms with E-state index in [9.17, 15) is 24.6 Å². The number of aliphatic hydroxyl groups excluding tert-OH is 1. The van der Waals surface area contributed by atoms with Gasteiger partial charge in [0.05, 0.1) is 43.1 Å². The molecule has 2 saturated carbocycles. The number of anilines is 2. The Labute approximate surface area is 418 Å².